The number of rotatable bonds is 56. The smallest absolute Gasteiger partial charge is 0.462 e. The molecule has 0 aromatic rings. The molecule has 17 nitrogen and oxygen atoms in total. The molecule has 81 heavy (non-hydrogen) atoms. The van der Waals surface area contributed by atoms with Crippen LogP contribution in [0.5, 0.6) is 0 Å². The van der Waals surface area contributed by atoms with Crippen molar-refractivity contribution in [2.24, 2.45) is 0 Å². The number of unbranched alkanes of at least 4 members (excludes halogenated alkanes) is 20. The number of phosphoric ester groups is 2. The summed E-state index contributed by atoms with van der Waals surface area (Å²) in [4.78, 5) is 71.6. The maximum Gasteiger partial charge on any atom is 0.472 e. The molecule has 0 aromatic heterocycles. The minimum Gasteiger partial charge on any atom is -0.462 e. The van der Waals surface area contributed by atoms with Crippen LogP contribution in [-0.4, -0.2) is 96.7 Å². The summed E-state index contributed by atoms with van der Waals surface area (Å²) >= 11 is 0. The first-order valence-corrected chi connectivity index (χ1v) is 33.4. The van der Waals surface area contributed by atoms with Crippen LogP contribution in [0.3, 0.4) is 0 Å². The van der Waals surface area contributed by atoms with E-state index in [2.05, 4.69) is 76.3 Å². The Hall–Kier alpha value is -3.76. The Balaban J connectivity index is 5.33. The normalized spacial score (nSPS) is 14.9. The summed E-state index contributed by atoms with van der Waals surface area (Å²) in [5, 5.41) is 10.5. The summed E-state index contributed by atoms with van der Waals surface area (Å²) in [7, 11) is -9.94. The third-order valence-electron chi connectivity index (χ3n) is 12.2. The average Bonchev–Trinajstić information content (AvgIpc) is 3.44. The molecule has 0 radical (unpaired) electrons. The molecule has 19 heteroatoms. The minimum atomic E-state index is -4.98. The van der Waals surface area contributed by atoms with E-state index in [1.165, 1.54) is 50.7 Å². The van der Waals surface area contributed by atoms with E-state index < -0.39 is 97.5 Å². The molecule has 0 aliphatic rings. The number of hydrogen-bond donors (Lipinski definition) is 3. The van der Waals surface area contributed by atoms with Gasteiger partial charge >= 0.3 is 39.5 Å². The van der Waals surface area contributed by atoms with Gasteiger partial charge in [-0.25, -0.2) is 13.9 Å². The monoisotopic (exact) mass is 1180 g/mol. The van der Waals surface area contributed by atoms with E-state index in [1.807, 2.05) is 18.2 Å². The highest BCUT2D eigenvalue weighted by atomic mass is 31.2. The number of phosphoric acid groups is 2. The first kappa shape index (κ1) is 77.2. The van der Waals surface area contributed by atoms with Crippen LogP contribution >= 0.6 is 15.6 Å². The van der Waals surface area contributed by atoms with Gasteiger partial charge in [0.05, 0.1) is 26.4 Å². The van der Waals surface area contributed by atoms with Gasteiger partial charge in [0.2, 0.25) is 0 Å². The zero-order valence-corrected chi connectivity index (χ0v) is 51.7. The maximum absolute atomic E-state index is 12.9. The lowest BCUT2D eigenvalue weighted by Gasteiger charge is -2.21. The second-order valence-electron chi connectivity index (χ2n) is 20.0. The Kier molecular flexibility index (Phi) is 52.9. The molecule has 0 aromatic carbocycles. The Morgan fingerprint density at radius 2 is 0.765 bits per heavy atom. The highest BCUT2D eigenvalue weighted by Gasteiger charge is 2.30. The van der Waals surface area contributed by atoms with E-state index in [0.717, 1.165) is 116 Å². The number of hydrogen-bond acceptors (Lipinski definition) is 15. The summed E-state index contributed by atoms with van der Waals surface area (Å²) in [5.41, 5.74) is 0. The molecule has 0 bridgehead atoms. The Bertz CT molecular complexity index is 1890. The summed E-state index contributed by atoms with van der Waals surface area (Å²) in [6, 6.07) is 0. The van der Waals surface area contributed by atoms with E-state index in [1.54, 1.807) is 6.08 Å². The third-order valence-corrected chi connectivity index (χ3v) is 14.1. The molecule has 0 saturated carbocycles. The van der Waals surface area contributed by atoms with Crippen molar-refractivity contribution in [3.05, 3.63) is 85.1 Å². The molecular formula is C62H106O17P2. The van der Waals surface area contributed by atoms with Gasteiger partial charge in [-0.2, -0.15) is 0 Å². The largest absolute Gasteiger partial charge is 0.472 e. The SMILES string of the molecule is CC/C=C\CC=CC=CCCCCCC(=O)O[C@H](COC(=O)/C=C/C=C/C/C=C/CCCCCC)COP(=O)(O)OC[C@@H](O)COP(=O)(O)OC[C@@H](COC(=O)CCCCCCC/C=C/CCCCC)OC(=O)CCCCCCCC. The van der Waals surface area contributed by atoms with E-state index in [0.29, 0.717) is 25.7 Å². The van der Waals surface area contributed by atoms with Crippen LogP contribution in [0.15, 0.2) is 85.1 Å². The molecule has 0 saturated heterocycles. The molecule has 466 valence electrons. The van der Waals surface area contributed by atoms with Crippen molar-refractivity contribution in [3.63, 3.8) is 0 Å². The summed E-state index contributed by atoms with van der Waals surface area (Å²) in [6.07, 6.45) is 50.5. The third kappa shape index (κ3) is 55.2. The molecule has 0 spiro atoms. The van der Waals surface area contributed by atoms with E-state index in [4.69, 9.17) is 37.0 Å². The van der Waals surface area contributed by atoms with Crippen LogP contribution in [0.25, 0.3) is 0 Å². The van der Waals surface area contributed by atoms with E-state index in [-0.39, 0.29) is 19.3 Å². The molecular weight excluding hydrogens is 1080 g/mol. The van der Waals surface area contributed by atoms with Gasteiger partial charge in [0.25, 0.3) is 0 Å². The second kappa shape index (κ2) is 55.4. The van der Waals surface area contributed by atoms with Crippen LogP contribution in [0.4, 0.5) is 0 Å². The number of carbonyl (C=O) groups is 4. The van der Waals surface area contributed by atoms with Gasteiger partial charge in [0, 0.05) is 25.3 Å². The van der Waals surface area contributed by atoms with Gasteiger partial charge in [0.15, 0.2) is 12.2 Å². The van der Waals surface area contributed by atoms with Gasteiger partial charge in [-0.3, -0.25) is 32.5 Å². The van der Waals surface area contributed by atoms with Gasteiger partial charge in [0.1, 0.15) is 19.3 Å². The predicted octanol–water partition coefficient (Wildman–Crippen LogP) is 15.6. The minimum absolute atomic E-state index is 0.0321. The van der Waals surface area contributed by atoms with E-state index in [9.17, 15) is 43.2 Å². The topological polar surface area (TPSA) is 237 Å². The number of aliphatic hydroxyl groups excluding tert-OH is 1. The van der Waals surface area contributed by atoms with Crippen molar-refractivity contribution in [2.45, 2.75) is 245 Å². The molecule has 0 aliphatic heterocycles. The molecule has 0 heterocycles. The van der Waals surface area contributed by atoms with Crippen LogP contribution in [0, 0.1) is 0 Å². The van der Waals surface area contributed by atoms with Crippen molar-refractivity contribution in [1.82, 2.24) is 0 Å². The molecule has 3 N–H and O–H groups in total. The van der Waals surface area contributed by atoms with Crippen molar-refractivity contribution in [1.29, 1.82) is 0 Å². The fraction of sp³-hybridized carbons (Fsp3) is 0.710. The van der Waals surface area contributed by atoms with Crippen molar-refractivity contribution in [3.8, 4) is 0 Å². The summed E-state index contributed by atoms with van der Waals surface area (Å²) < 4.78 is 67.3. The van der Waals surface area contributed by atoms with E-state index >= 15 is 0 Å². The quantitative estimate of drug-likeness (QED) is 0.00976. The zero-order chi connectivity index (χ0) is 59.8. The predicted molar refractivity (Wildman–Crippen MR) is 321 cm³/mol. The van der Waals surface area contributed by atoms with Gasteiger partial charge in [-0.1, -0.05) is 197 Å². The number of allylic oxidation sites excluding steroid dienone is 13. The van der Waals surface area contributed by atoms with Gasteiger partial charge < -0.3 is 33.8 Å². The summed E-state index contributed by atoms with van der Waals surface area (Å²) in [6.45, 7) is 4.34. The van der Waals surface area contributed by atoms with Crippen molar-refractivity contribution < 1.29 is 80.2 Å². The number of carbonyl (C=O) groups excluding carboxylic acids is 4. The van der Waals surface area contributed by atoms with Gasteiger partial charge in [-0.05, 0) is 89.9 Å². The lowest BCUT2D eigenvalue weighted by atomic mass is 10.1. The number of ether oxygens (including phenoxy) is 4. The second-order valence-corrected chi connectivity index (χ2v) is 22.9. The number of aliphatic hydroxyl groups is 1. The molecule has 5 atom stereocenters. The lowest BCUT2D eigenvalue weighted by Crippen LogP contribution is -2.30. The Labute approximate surface area is 487 Å². The molecule has 0 rings (SSSR count). The molecule has 0 fully saturated rings. The highest BCUT2D eigenvalue weighted by molar-refractivity contribution is 7.47. The number of esters is 4. The zero-order valence-electron chi connectivity index (χ0n) is 49.9. The molecule has 0 amide bonds. The lowest BCUT2D eigenvalue weighted by molar-refractivity contribution is -0.161. The fourth-order valence-corrected chi connectivity index (χ4v) is 9.13. The Morgan fingerprint density at radius 1 is 0.395 bits per heavy atom. The summed E-state index contributed by atoms with van der Waals surface area (Å²) in [5.74, 6) is -2.51. The maximum atomic E-state index is 12.9. The Morgan fingerprint density at radius 3 is 1.30 bits per heavy atom. The molecule has 0 aliphatic carbocycles. The van der Waals surface area contributed by atoms with Crippen LogP contribution < -0.4 is 0 Å². The standard InChI is InChI=1S/C62H106O17P2/c1-5-9-13-17-21-24-27-30-33-36-40-43-47-60(65)72-52-57(78-61(66)48-44-38-20-16-12-8-4)54-76-80(68,69)74-50-56(63)51-75-81(70,71)77-55-58(53-73-59(64)46-42-39-35-32-29-26-23-19-15-11-7-3)79-62(67)49-45-41-37-34-31-28-25-22-18-14-10-6-2/h10,14,21-22,24-26,28-29,31,35,39,42,46,56-58,63H,5-9,11-13,15-20,23,27,30,32-34,36-38,40-41,43-45,47-55H2,1-4H3,(H,68,69)(H,70,71)/b14-10-,24-21+,25-22?,29-26+,31-28?,39-35+,46-42+/t56-,57+,58+/m0/s1. The highest BCUT2D eigenvalue weighted by Crippen LogP contribution is 2.45. The van der Waals surface area contributed by atoms with Crippen LogP contribution in [-0.2, 0) is 65.4 Å². The fourth-order valence-electron chi connectivity index (χ4n) is 7.55. The first-order valence-electron chi connectivity index (χ1n) is 30.4. The van der Waals surface area contributed by atoms with Crippen molar-refractivity contribution in [2.75, 3.05) is 39.6 Å². The van der Waals surface area contributed by atoms with Crippen molar-refractivity contribution >= 4 is 39.5 Å². The van der Waals surface area contributed by atoms with Gasteiger partial charge in [-0.15, -0.1) is 0 Å². The van der Waals surface area contributed by atoms with Crippen LogP contribution in [0.2, 0.25) is 0 Å². The molecule has 2 unspecified atom stereocenters. The average molecular weight is 1190 g/mol. The first-order chi connectivity index (χ1) is 39.2. The van der Waals surface area contributed by atoms with Crippen LogP contribution in [0.1, 0.15) is 227 Å².